The Hall–Kier alpha value is -1.75. The van der Waals surface area contributed by atoms with Crippen LogP contribution in [0.5, 0.6) is 5.75 Å². The van der Waals surface area contributed by atoms with E-state index in [0.29, 0.717) is 10.4 Å². The van der Waals surface area contributed by atoms with E-state index < -0.39 is 0 Å². The second-order valence-electron chi connectivity index (χ2n) is 5.29. The van der Waals surface area contributed by atoms with Gasteiger partial charge in [0.2, 0.25) is 0 Å². The maximum Gasteiger partial charge on any atom is 0.146 e. The molecule has 0 saturated carbocycles. The van der Waals surface area contributed by atoms with E-state index in [1.807, 2.05) is 12.1 Å². The fourth-order valence-electron chi connectivity index (χ4n) is 1.70. The number of aromatic amines is 1. The Kier molecular flexibility index (Phi) is 3.66. The SMILES string of the molecule is COc1cccnc1-c1cc(=S)nc(C(C)(C)C)[nH]1. The molecule has 0 fully saturated rings. The van der Waals surface area contributed by atoms with Crippen LogP contribution < -0.4 is 4.74 Å². The lowest BCUT2D eigenvalue weighted by atomic mass is 9.95. The highest BCUT2D eigenvalue weighted by atomic mass is 32.1. The molecule has 0 unspecified atom stereocenters. The number of pyridine rings is 1. The number of hydrogen-bond acceptors (Lipinski definition) is 4. The van der Waals surface area contributed by atoms with E-state index in [9.17, 15) is 0 Å². The Morgan fingerprint density at radius 2 is 2.05 bits per heavy atom. The van der Waals surface area contributed by atoms with Gasteiger partial charge in [-0.25, -0.2) is 4.98 Å². The van der Waals surface area contributed by atoms with Gasteiger partial charge in [0.05, 0.1) is 12.8 Å². The zero-order valence-electron chi connectivity index (χ0n) is 11.5. The van der Waals surface area contributed by atoms with Crippen molar-refractivity contribution < 1.29 is 4.74 Å². The molecule has 100 valence electrons. The minimum Gasteiger partial charge on any atom is -0.494 e. The molecular weight excluding hydrogens is 258 g/mol. The Bertz CT molecular complexity index is 644. The number of aromatic nitrogens is 3. The Morgan fingerprint density at radius 3 is 2.68 bits per heavy atom. The molecule has 2 rings (SSSR count). The zero-order chi connectivity index (χ0) is 14.0. The first-order valence-corrected chi connectivity index (χ1v) is 6.44. The Balaban J connectivity index is 2.63. The monoisotopic (exact) mass is 275 g/mol. The summed E-state index contributed by atoms with van der Waals surface area (Å²) in [7, 11) is 1.63. The molecule has 2 aromatic heterocycles. The minimum absolute atomic E-state index is 0.106. The summed E-state index contributed by atoms with van der Waals surface area (Å²) in [6.45, 7) is 6.25. The maximum absolute atomic E-state index is 5.33. The van der Waals surface area contributed by atoms with Crippen LogP contribution in [0.3, 0.4) is 0 Å². The summed E-state index contributed by atoms with van der Waals surface area (Å²) >= 11 is 5.24. The van der Waals surface area contributed by atoms with Gasteiger partial charge in [0.15, 0.2) is 0 Å². The van der Waals surface area contributed by atoms with Crippen molar-refractivity contribution in [2.24, 2.45) is 0 Å². The number of H-pyrrole nitrogens is 1. The van der Waals surface area contributed by atoms with E-state index in [0.717, 1.165) is 17.2 Å². The van der Waals surface area contributed by atoms with Gasteiger partial charge in [-0.3, -0.25) is 4.98 Å². The summed E-state index contributed by atoms with van der Waals surface area (Å²) in [4.78, 5) is 12.0. The van der Waals surface area contributed by atoms with Crippen molar-refractivity contribution in [1.82, 2.24) is 15.0 Å². The van der Waals surface area contributed by atoms with Gasteiger partial charge in [0, 0.05) is 17.7 Å². The summed E-state index contributed by atoms with van der Waals surface area (Å²) in [5.41, 5.74) is 1.46. The van der Waals surface area contributed by atoms with Crippen LogP contribution in [0.15, 0.2) is 24.4 Å². The van der Waals surface area contributed by atoms with Crippen molar-refractivity contribution in [2.75, 3.05) is 7.11 Å². The standard InChI is InChI=1S/C14H17N3OS/c1-14(2,3)13-16-9(8-11(19)17-13)12-10(18-4)6-5-7-15-12/h5-8H,1-4H3,(H,16,17,19). The second-order valence-corrected chi connectivity index (χ2v) is 5.70. The van der Waals surface area contributed by atoms with E-state index in [2.05, 4.69) is 35.7 Å². The van der Waals surface area contributed by atoms with Crippen molar-refractivity contribution >= 4 is 12.2 Å². The molecule has 0 aliphatic carbocycles. The maximum atomic E-state index is 5.33. The van der Waals surface area contributed by atoms with Crippen LogP contribution in [0.25, 0.3) is 11.4 Å². The van der Waals surface area contributed by atoms with Crippen LogP contribution in [0, 0.1) is 4.64 Å². The van der Waals surface area contributed by atoms with Gasteiger partial charge in [-0.1, -0.05) is 33.0 Å². The van der Waals surface area contributed by atoms with Crippen LogP contribution in [-0.2, 0) is 5.41 Å². The fraction of sp³-hybridized carbons (Fsp3) is 0.357. The number of rotatable bonds is 2. The van der Waals surface area contributed by atoms with Crippen LogP contribution >= 0.6 is 12.2 Å². The third-order valence-corrected chi connectivity index (χ3v) is 2.91. The van der Waals surface area contributed by atoms with Crippen molar-refractivity contribution in [3.63, 3.8) is 0 Å². The normalized spacial score (nSPS) is 11.4. The van der Waals surface area contributed by atoms with Crippen LogP contribution in [0.2, 0.25) is 0 Å². The van der Waals surface area contributed by atoms with E-state index in [-0.39, 0.29) is 5.41 Å². The lowest BCUT2D eigenvalue weighted by molar-refractivity contribution is 0.414. The summed E-state index contributed by atoms with van der Waals surface area (Å²) < 4.78 is 5.88. The zero-order valence-corrected chi connectivity index (χ0v) is 12.3. The molecular formula is C14H17N3OS. The molecule has 0 atom stereocenters. The molecule has 0 bridgehead atoms. The van der Waals surface area contributed by atoms with Gasteiger partial charge >= 0.3 is 0 Å². The van der Waals surface area contributed by atoms with Gasteiger partial charge in [0.1, 0.15) is 21.9 Å². The minimum atomic E-state index is -0.106. The molecule has 0 amide bonds. The largest absolute Gasteiger partial charge is 0.494 e. The summed E-state index contributed by atoms with van der Waals surface area (Å²) in [6.07, 6.45) is 1.73. The lowest BCUT2D eigenvalue weighted by Gasteiger charge is -2.18. The van der Waals surface area contributed by atoms with Crippen molar-refractivity contribution in [2.45, 2.75) is 26.2 Å². The second kappa shape index (κ2) is 5.09. The number of ether oxygens (including phenoxy) is 1. The average Bonchev–Trinajstić information content (AvgIpc) is 2.37. The topological polar surface area (TPSA) is 50.8 Å². The molecule has 0 radical (unpaired) electrons. The first-order chi connectivity index (χ1) is 8.91. The molecule has 0 spiro atoms. The van der Waals surface area contributed by atoms with E-state index >= 15 is 0 Å². The lowest BCUT2D eigenvalue weighted by Crippen LogP contribution is -2.16. The molecule has 0 aliphatic rings. The number of nitrogens with zero attached hydrogens (tertiary/aromatic N) is 2. The summed E-state index contributed by atoms with van der Waals surface area (Å²) in [5.74, 6) is 1.54. The van der Waals surface area contributed by atoms with Gasteiger partial charge in [-0.2, -0.15) is 0 Å². The smallest absolute Gasteiger partial charge is 0.146 e. The first kappa shape index (κ1) is 13.7. The van der Waals surface area contributed by atoms with Gasteiger partial charge in [-0.15, -0.1) is 0 Å². The molecule has 2 heterocycles. The molecule has 4 nitrogen and oxygen atoms in total. The van der Waals surface area contributed by atoms with Crippen LogP contribution in [-0.4, -0.2) is 22.1 Å². The van der Waals surface area contributed by atoms with Crippen molar-refractivity contribution in [3.8, 4) is 17.1 Å². The summed E-state index contributed by atoms with van der Waals surface area (Å²) in [5, 5.41) is 0. The summed E-state index contributed by atoms with van der Waals surface area (Å²) in [6, 6.07) is 5.51. The predicted octanol–water partition coefficient (Wildman–Crippen LogP) is 3.51. The molecule has 0 aromatic carbocycles. The Labute approximate surface area is 117 Å². The molecule has 19 heavy (non-hydrogen) atoms. The number of nitrogens with one attached hydrogen (secondary N) is 1. The van der Waals surface area contributed by atoms with Gasteiger partial charge in [-0.05, 0) is 12.1 Å². The number of methoxy groups -OCH3 is 1. The van der Waals surface area contributed by atoms with Gasteiger partial charge < -0.3 is 9.72 Å². The van der Waals surface area contributed by atoms with Gasteiger partial charge in [0.25, 0.3) is 0 Å². The molecule has 0 aliphatic heterocycles. The first-order valence-electron chi connectivity index (χ1n) is 6.03. The molecule has 1 N–H and O–H groups in total. The highest BCUT2D eigenvalue weighted by Crippen LogP contribution is 2.27. The Morgan fingerprint density at radius 1 is 1.32 bits per heavy atom. The molecule has 0 saturated heterocycles. The third-order valence-electron chi connectivity index (χ3n) is 2.70. The number of hydrogen-bond donors (Lipinski definition) is 1. The van der Waals surface area contributed by atoms with Crippen LogP contribution in [0.4, 0.5) is 0 Å². The highest BCUT2D eigenvalue weighted by Gasteiger charge is 2.18. The fourth-order valence-corrected chi connectivity index (χ4v) is 1.91. The quantitative estimate of drug-likeness (QED) is 0.852. The van der Waals surface area contributed by atoms with Crippen molar-refractivity contribution in [1.29, 1.82) is 0 Å². The molecule has 2 aromatic rings. The van der Waals surface area contributed by atoms with E-state index in [1.54, 1.807) is 19.4 Å². The van der Waals surface area contributed by atoms with Crippen molar-refractivity contribution in [3.05, 3.63) is 34.9 Å². The third kappa shape index (κ3) is 2.98. The van der Waals surface area contributed by atoms with E-state index in [1.165, 1.54) is 0 Å². The van der Waals surface area contributed by atoms with E-state index in [4.69, 9.17) is 17.0 Å². The average molecular weight is 275 g/mol. The molecule has 5 heteroatoms. The van der Waals surface area contributed by atoms with Crippen LogP contribution in [0.1, 0.15) is 26.6 Å². The predicted molar refractivity (Wildman–Crippen MR) is 77.9 cm³/mol. The highest BCUT2D eigenvalue weighted by molar-refractivity contribution is 7.71.